The van der Waals surface area contributed by atoms with E-state index in [1.807, 2.05) is 0 Å². The number of nitrogens with one attached hydrogen (secondary N) is 2. The van der Waals surface area contributed by atoms with Crippen LogP contribution in [0.15, 0.2) is 52.9 Å². The van der Waals surface area contributed by atoms with Crippen molar-refractivity contribution in [1.29, 1.82) is 5.41 Å². The minimum Gasteiger partial charge on any atom is -0.462 e. The molecule has 1 saturated heterocycles. The molecule has 2 heterocycles. The molecule has 1 aromatic heterocycles. The number of nitrogens with two attached hydrogens (primary N) is 1. The molecule has 12 heteroatoms. The van der Waals surface area contributed by atoms with E-state index in [0.717, 1.165) is 10.8 Å². The SMILES string of the molecule is CC1OC(=O)OC1COC(=O)CCC(=O)NCc1ccc(C(=O)Oc2ccc3cc(C(=N)N)ccc3c2)o1. The van der Waals surface area contributed by atoms with Gasteiger partial charge in [0, 0.05) is 12.0 Å². The molecule has 38 heavy (non-hydrogen) atoms. The molecule has 4 rings (SSSR count). The van der Waals surface area contributed by atoms with E-state index in [2.05, 4.69) is 5.32 Å². The molecule has 0 aliphatic carbocycles. The zero-order chi connectivity index (χ0) is 27.2. The maximum Gasteiger partial charge on any atom is 0.509 e. The third kappa shape index (κ3) is 6.66. The fourth-order valence-electron chi connectivity index (χ4n) is 3.58. The maximum absolute atomic E-state index is 12.5. The van der Waals surface area contributed by atoms with Gasteiger partial charge < -0.3 is 34.4 Å². The van der Waals surface area contributed by atoms with Crippen LogP contribution >= 0.6 is 0 Å². The minimum absolute atomic E-state index is 0.00248. The van der Waals surface area contributed by atoms with Crippen LogP contribution in [0.5, 0.6) is 5.75 Å². The lowest BCUT2D eigenvalue weighted by atomic mass is 10.1. The first-order chi connectivity index (χ1) is 18.2. The average Bonchev–Trinajstić information content (AvgIpc) is 3.50. The Labute approximate surface area is 216 Å². The summed E-state index contributed by atoms with van der Waals surface area (Å²) in [5, 5.41) is 11.8. The summed E-state index contributed by atoms with van der Waals surface area (Å²) in [4.78, 5) is 47.4. The minimum atomic E-state index is -0.814. The van der Waals surface area contributed by atoms with Crippen LogP contribution in [0.2, 0.25) is 0 Å². The van der Waals surface area contributed by atoms with Crippen molar-refractivity contribution in [3.63, 3.8) is 0 Å². The van der Waals surface area contributed by atoms with Crippen molar-refractivity contribution < 1.29 is 42.5 Å². The summed E-state index contributed by atoms with van der Waals surface area (Å²) >= 11 is 0. The van der Waals surface area contributed by atoms with E-state index in [0.29, 0.717) is 17.1 Å². The van der Waals surface area contributed by atoms with Gasteiger partial charge in [0.05, 0.1) is 13.0 Å². The number of carbonyl (C=O) groups is 4. The van der Waals surface area contributed by atoms with Crippen molar-refractivity contribution in [2.75, 3.05) is 6.61 Å². The number of benzene rings is 2. The van der Waals surface area contributed by atoms with Crippen molar-refractivity contribution in [3.05, 3.63) is 65.6 Å². The van der Waals surface area contributed by atoms with Gasteiger partial charge in [0.1, 0.15) is 30.1 Å². The van der Waals surface area contributed by atoms with Gasteiger partial charge in [-0.15, -0.1) is 0 Å². The van der Waals surface area contributed by atoms with Crippen molar-refractivity contribution in [2.45, 2.75) is 38.5 Å². The summed E-state index contributed by atoms with van der Waals surface area (Å²) in [6.45, 7) is 1.47. The molecule has 2 unspecified atom stereocenters. The van der Waals surface area contributed by atoms with E-state index >= 15 is 0 Å². The topological polar surface area (TPSA) is 180 Å². The highest BCUT2D eigenvalue weighted by atomic mass is 16.8. The second-order valence-electron chi connectivity index (χ2n) is 8.48. The first-order valence-electron chi connectivity index (χ1n) is 11.7. The molecular weight excluding hydrogens is 498 g/mol. The van der Waals surface area contributed by atoms with Crippen molar-refractivity contribution in [2.24, 2.45) is 5.73 Å². The molecule has 2 atom stereocenters. The van der Waals surface area contributed by atoms with E-state index < -0.39 is 36.2 Å². The quantitative estimate of drug-likeness (QED) is 0.155. The molecule has 2 aromatic carbocycles. The van der Waals surface area contributed by atoms with Crippen molar-refractivity contribution in [3.8, 4) is 5.75 Å². The van der Waals surface area contributed by atoms with Gasteiger partial charge in [0.2, 0.25) is 11.7 Å². The molecule has 1 aliphatic rings. The van der Waals surface area contributed by atoms with Crippen molar-refractivity contribution >= 4 is 40.6 Å². The lowest BCUT2D eigenvalue weighted by Gasteiger charge is -2.11. The molecule has 12 nitrogen and oxygen atoms in total. The molecule has 3 aromatic rings. The number of furan rings is 1. The van der Waals surface area contributed by atoms with Gasteiger partial charge in [-0.1, -0.05) is 18.2 Å². The van der Waals surface area contributed by atoms with E-state index in [-0.39, 0.29) is 37.6 Å². The first kappa shape index (κ1) is 26.2. The number of rotatable bonds is 10. The Morgan fingerprint density at radius 3 is 2.53 bits per heavy atom. The molecule has 1 aliphatic heterocycles. The average molecular weight is 523 g/mol. The Morgan fingerprint density at radius 2 is 1.79 bits per heavy atom. The number of carbonyl (C=O) groups excluding carboxylic acids is 4. The van der Waals surface area contributed by atoms with Crippen LogP contribution < -0.4 is 15.8 Å². The molecule has 1 fully saturated rings. The summed E-state index contributed by atoms with van der Waals surface area (Å²) in [6.07, 6.45) is -2.31. The number of hydrogen-bond acceptors (Lipinski definition) is 10. The molecule has 0 radical (unpaired) electrons. The normalized spacial score (nSPS) is 16.4. The monoisotopic (exact) mass is 523 g/mol. The van der Waals surface area contributed by atoms with Crippen LogP contribution in [0, 0.1) is 5.41 Å². The van der Waals surface area contributed by atoms with Crippen LogP contribution in [-0.2, 0) is 30.3 Å². The summed E-state index contributed by atoms with van der Waals surface area (Å²) in [5.74, 6) is -1.20. The zero-order valence-corrected chi connectivity index (χ0v) is 20.4. The molecule has 0 spiro atoms. The largest absolute Gasteiger partial charge is 0.509 e. The number of ether oxygens (including phenoxy) is 4. The highest BCUT2D eigenvalue weighted by molar-refractivity contribution is 5.99. The third-order valence-corrected chi connectivity index (χ3v) is 5.67. The Hall–Kier alpha value is -4.87. The Morgan fingerprint density at radius 1 is 1.03 bits per heavy atom. The summed E-state index contributed by atoms with van der Waals surface area (Å²) < 4.78 is 25.5. The van der Waals surface area contributed by atoms with Gasteiger partial charge in [-0.05, 0) is 48.0 Å². The molecule has 0 saturated carbocycles. The highest BCUT2D eigenvalue weighted by Gasteiger charge is 2.34. The van der Waals surface area contributed by atoms with E-state index in [1.54, 1.807) is 43.3 Å². The Balaban J connectivity index is 1.21. The number of nitrogen functional groups attached to an aromatic ring is 1. The van der Waals surface area contributed by atoms with Crippen LogP contribution in [0.3, 0.4) is 0 Å². The second kappa shape index (κ2) is 11.5. The number of cyclic esters (lactones) is 2. The molecule has 198 valence electrons. The number of amidine groups is 1. The predicted molar refractivity (Wildman–Crippen MR) is 131 cm³/mol. The van der Waals surface area contributed by atoms with Gasteiger partial charge in [-0.2, -0.15) is 0 Å². The van der Waals surface area contributed by atoms with Gasteiger partial charge in [0.15, 0.2) is 6.10 Å². The third-order valence-electron chi connectivity index (χ3n) is 5.67. The fourth-order valence-corrected chi connectivity index (χ4v) is 3.58. The summed E-state index contributed by atoms with van der Waals surface area (Å²) in [7, 11) is 0. The van der Waals surface area contributed by atoms with Crippen LogP contribution in [-0.4, -0.2) is 48.7 Å². The Bertz CT molecular complexity index is 1400. The van der Waals surface area contributed by atoms with Gasteiger partial charge >= 0.3 is 18.1 Å². The van der Waals surface area contributed by atoms with Crippen molar-refractivity contribution in [1.82, 2.24) is 5.32 Å². The molecule has 0 bridgehead atoms. The zero-order valence-electron chi connectivity index (χ0n) is 20.4. The Kier molecular flexibility index (Phi) is 7.90. The summed E-state index contributed by atoms with van der Waals surface area (Å²) in [6, 6.07) is 13.3. The van der Waals surface area contributed by atoms with Crippen LogP contribution in [0.25, 0.3) is 10.8 Å². The number of fused-ring (bicyclic) bond motifs is 1. The molecule has 4 N–H and O–H groups in total. The second-order valence-corrected chi connectivity index (χ2v) is 8.48. The summed E-state index contributed by atoms with van der Waals surface area (Å²) in [5.41, 5.74) is 6.11. The predicted octanol–water partition coefficient (Wildman–Crippen LogP) is 2.80. The van der Waals surface area contributed by atoms with Crippen LogP contribution in [0.1, 0.15) is 41.6 Å². The number of amides is 1. The lowest BCUT2D eigenvalue weighted by Crippen LogP contribution is -2.27. The fraction of sp³-hybridized carbons (Fsp3) is 0.269. The molecule has 1 amide bonds. The highest BCUT2D eigenvalue weighted by Crippen LogP contribution is 2.23. The standard InChI is InChI=1S/C26H25N3O9/c1-14-21(38-26(33)35-14)13-34-23(31)9-8-22(30)29-12-19-6-7-20(36-19)25(32)37-18-5-4-15-10-17(24(27)28)3-2-16(15)11-18/h2-7,10-11,14,21H,8-9,12-13H2,1H3,(H3,27,28)(H,29,30). The van der Waals surface area contributed by atoms with Gasteiger partial charge in [-0.25, -0.2) is 9.59 Å². The smallest absolute Gasteiger partial charge is 0.462 e. The lowest BCUT2D eigenvalue weighted by molar-refractivity contribution is -0.147. The van der Waals surface area contributed by atoms with Gasteiger partial charge in [0.25, 0.3) is 0 Å². The number of esters is 2. The van der Waals surface area contributed by atoms with E-state index in [1.165, 1.54) is 12.1 Å². The van der Waals surface area contributed by atoms with E-state index in [9.17, 15) is 19.2 Å². The maximum atomic E-state index is 12.5. The van der Waals surface area contributed by atoms with Crippen LogP contribution in [0.4, 0.5) is 4.79 Å². The molecular formula is C26H25N3O9. The van der Waals surface area contributed by atoms with E-state index in [4.69, 9.17) is 34.5 Å². The number of hydrogen-bond donors (Lipinski definition) is 3. The first-order valence-corrected chi connectivity index (χ1v) is 11.7. The van der Waals surface area contributed by atoms with Gasteiger partial charge in [-0.3, -0.25) is 15.0 Å².